The molecular formula is C23H15BrN2O2. The molecule has 0 radical (unpaired) electrons. The Morgan fingerprint density at radius 2 is 1.43 bits per heavy atom. The second kappa shape index (κ2) is 7.74. The molecule has 0 aliphatic carbocycles. The van der Waals surface area contributed by atoms with E-state index >= 15 is 0 Å². The van der Waals surface area contributed by atoms with Gasteiger partial charge in [-0.25, -0.2) is 9.55 Å². The Balaban J connectivity index is 1.90. The summed E-state index contributed by atoms with van der Waals surface area (Å²) >= 11 is 3.31. The molecular weight excluding hydrogens is 416 g/mol. The summed E-state index contributed by atoms with van der Waals surface area (Å²) in [6.07, 6.45) is 1.46. The maximum atomic E-state index is 13.1. The Morgan fingerprint density at radius 1 is 0.786 bits per heavy atom. The Bertz CT molecular complexity index is 1140. The second-order valence-corrected chi connectivity index (χ2v) is 7.13. The topological polar surface area (TPSA) is 52.0 Å². The molecule has 2 heterocycles. The van der Waals surface area contributed by atoms with Gasteiger partial charge in [0.2, 0.25) is 0 Å². The van der Waals surface area contributed by atoms with Gasteiger partial charge in [-0.15, -0.1) is 0 Å². The average molecular weight is 431 g/mol. The van der Waals surface area contributed by atoms with Crippen LogP contribution in [-0.4, -0.2) is 15.5 Å². The smallest absolute Gasteiger partial charge is 0.269 e. The SMILES string of the molecule is O=C(c1cc(-c2ccccc2)cc(-c2ccccc2)n1)n1cc(Br)ccc1=O. The molecule has 136 valence electrons. The first kappa shape index (κ1) is 18.1. The number of carbonyl (C=O) groups excluding carboxylic acids is 1. The van der Waals surface area contributed by atoms with Gasteiger partial charge in [0.05, 0.1) is 5.69 Å². The molecule has 0 fully saturated rings. The Kier molecular flexibility index (Phi) is 5.00. The van der Waals surface area contributed by atoms with Gasteiger partial charge < -0.3 is 0 Å². The van der Waals surface area contributed by atoms with E-state index in [2.05, 4.69) is 20.9 Å². The predicted molar refractivity (Wildman–Crippen MR) is 113 cm³/mol. The number of rotatable bonds is 3. The molecule has 0 N–H and O–H groups in total. The molecule has 5 heteroatoms. The van der Waals surface area contributed by atoms with E-state index in [4.69, 9.17) is 0 Å². The van der Waals surface area contributed by atoms with Crippen molar-refractivity contribution in [2.24, 2.45) is 0 Å². The van der Waals surface area contributed by atoms with Crippen LogP contribution >= 0.6 is 15.9 Å². The van der Waals surface area contributed by atoms with Crippen LogP contribution in [0.15, 0.2) is 100 Å². The first-order valence-electron chi connectivity index (χ1n) is 8.68. The molecule has 0 bridgehead atoms. The maximum absolute atomic E-state index is 13.1. The Hall–Kier alpha value is -3.31. The third-order valence-corrected chi connectivity index (χ3v) is 4.78. The van der Waals surface area contributed by atoms with Gasteiger partial charge in [-0.2, -0.15) is 0 Å². The molecule has 0 saturated carbocycles. The van der Waals surface area contributed by atoms with Crippen molar-refractivity contribution in [3.05, 3.63) is 112 Å². The minimum absolute atomic E-state index is 0.209. The van der Waals surface area contributed by atoms with Crippen molar-refractivity contribution < 1.29 is 4.79 Å². The summed E-state index contributed by atoms with van der Waals surface area (Å²) in [5.41, 5.74) is 3.21. The van der Waals surface area contributed by atoms with Crippen LogP contribution in [0.1, 0.15) is 10.5 Å². The van der Waals surface area contributed by atoms with Crippen LogP contribution < -0.4 is 5.56 Å². The summed E-state index contributed by atoms with van der Waals surface area (Å²) < 4.78 is 1.71. The summed E-state index contributed by atoms with van der Waals surface area (Å²) in [6, 6.07) is 26.1. The fourth-order valence-corrected chi connectivity index (χ4v) is 3.27. The average Bonchev–Trinajstić information content (AvgIpc) is 2.76. The molecule has 2 aromatic carbocycles. The standard InChI is InChI=1S/C23H15BrN2O2/c24-19-11-12-22(27)26(15-19)23(28)21-14-18(16-7-3-1-4-8-16)13-20(25-21)17-9-5-2-6-10-17/h1-15H. The van der Waals surface area contributed by atoms with Crippen molar-refractivity contribution in [1.82, 2.24) is 9.55 Å². The van der Waals surface area contributed by atoms with Gasteiger partial charge >= 0.3 is 0 Å². The lowest BCUT2D eigenvalue weighted by molar-refractivity contribution is 0.0951. The largest absolute Gasteiger partial charge is 0.283 e. The van der Waals surface area contributed by atoms with E-state index in [1.54, 1.807) is 12.1 Å². The van der Waals surface area contributed by atoms with E-state index in [0.29, 0.717) is 10.2 Å². The van der Waals surface area contributed by atoms with Crippen LogP contribution in [-0.2, 0) is 0 Å². The predicted octanol–water partition coefficient (Wildman–Crippen LogP) is 5.03. The highest BCUT2D eigenvalue weighted by molar-refractivity contribution is 9.10. The van der Waals surface area contributed by atoms with Crippen molar-refractivity contribution in [1.29, 1.82) is 0 Å². The van der Waals surface area contributed by atoms with Gasteiger partial charge in [-0.3, -0.25) is 9.59 Å². The molecule has 0 aliphatic rings. The molecule has 2 aromatic heterocycles. The van der Waals surface area contributed by atoms with E-state index in [1.807, 2.05) is 66.7 Å². The molecule has 0 aliphatic heterocycles. The van der Waals surface area contributed by atoms with Gasteiger partial charge in [0.1, 0.15) is 5.69 Å². The number of nitrogens with zero attached hydrogens (tertiary/aromatic N) is 2. The summed E-state index contributed by atoms with van der Waals surface area (Å²) in [7, 11) is 0. The lowest BCUT2D eigenvalue weighted by Crippen LogP contribution is -2.26. The minimum Gasteiger partial charge on any atom is -0.269 e. The number of carbonyl (C=O) groups is 1. The van der Waals surface area contributed by atoms with E-state index in [-0.39, 0.29) is 5.69 Å². The van der Waals surface area contributed by atoms with Crippen molar-refractivity contribution >= 4 is 21.8 Å². The van der Waals surface area contributed by atoms with Crippen molar-refractivity contribution in [3.63, 3.8) is 0 Å². The highest BCUT2D eigenvalue weighted by atomic mass is 79.9. The third-order valence-electron chi connectivity index (χ3n) is 4.31. The Morgan fingerprint density at radius 3 is 2.11 bits per heavy atom. The minimum atomic E-state index is -0.471. The third kappa shape index (κ3) is 3.70. The van der Waals surface area contributed by atoms with Crippen molar-refractivity contribution in [2.45, 2.75) is 0 Å². The van der Waals surface area contributed by atoms with E-state index < -0.39 is 11.5 Å². The molecule has 28 heavy (non-hydrogen) atoms. The van der Waals surface area contributed by atoms with Crippen LogP contribution in [0.3, 0.4) is 0 Å². The van der Waals surface area contributed by atoms with Crippen molar-refractivity contribution in [2.75, 3.05) is 0 Å². The normalized spacial score (nSPS) is 10.6. The maximum Gasteiger partial charge on any atom is 0.283 e. The monoisotopic (exact) mass is 430 g/mol. The zero-order chi connectivity index (χ0) is 19.5. The number of pyridine rings is 2. The molecule has 4 rings (SSSR count). The fraction of sp³-hybridized carbons (Fsp3) is 0. The summed E-state index contributed by atoms with van der Waals surface area (Å²) in [5, 5.41) is 0. The van der Waals surface area contributed by atoms with Crippen molar-refractivity contribution in [3.8, 4) is 22.4 Å². The molecule has 0 unspecified atom stereocenters. The summed E-state index contributed by atoms with van der Waals surface area (Å²) in [5.74, 6) is -0.471. The first-order valence-corrected chi connectivity index (χ1v) is 9.47. The number of benzene rings is 2. The van der Waals surface area contributed by atoms with Crippen LogP contribution in [0.25, 0.3) is 22.4 Å². The van der Waals surface area contributed by atoms with Crippen LogP contribution in [0, 0.1) is 0 Å². The van der Waals surface area contributed by atoms with Gasteiger partial charge in [-0.1, -0.05) is 60.7 Å². The molecule has 0 saturated heterocycles. The summed E-state index contributed by atoms with van der Waals surface area (Å²) in [6.45, 7) is 0. The zero-order valence-corrected chi connectivity index (χ0v) is 16.3. The number of halogens is 1. The number of aromatic nitrogens is 2. The number of hydrogen-bond acceptors (Lipinski definition) is 3. The molecule has 0 amide bonds. The lowest BCUT2D eigenvalue weighted by atomic mass is 10.0. The van der Waals surface area contributed by atoms with E-state index in [1.165, 1.54) is 12.3 Å². The van der Waals surface area contributed by atoms with Crippen LogP contribution in [0.4, 0.5) is 0 Å². The van der Waals surface area contributed by atoms with Gasteiger partial charge in [0.25, 0.3) is 11.5 Å². The zero-order valence-electron chi connectivity index (χ0n) is 14.7. The van der Waals surface area contributed by atoms with Crippen LogP contribution in [0.5, 0.6) is 0 Å². The fourth-order valence-electron chi connectivity index (χ4n) is 2.94. The van der Waals surface area contributed by atoms with E-state index in [0.717, 1.165) is 21.3 Å². The number of hydrogen-bond donors (Lipinski definition) is 0. The lowest BCUT2D eigenvalue weighted by Gasteiger charge is -2.10. The molecule has 0 atom stereocenters. The quantitative estimate of drug-likeness (QED) is 0.457. The molecule has 4 nitrogen and oxygen atoms in total. The highest BCUT2D eigenvalue weighted by Gasteiger charge is 2.16. The van der Waals surface area contributed by atoms with Gasteiger partial charge in [0.15, 0.2) is 0 Å². The Labute approximate surface area is 170 Å². The van der Waals surface area contributed by atoms with Gasteiger partial charge in [-0.05, 0) is 45.3 Å². The molecule has 4 aromatic rings. The van der Waals surface area contributed by atoms with E-state index in [9.17, 15) is 9.59 Å². The highest BCUT2D eigenvalue weighted by Crippen LogP contribution is 2.26. The summed E-state index contributed by atoms with van der Waals surface area (Å²) in [4.78, 5) is 29.8. The van der Waals surface area contributed by atoms with Gasteiger partial charge in [0, 0.05) is 22.3 Å². The second-order valence-electron chi connectivity index (χ2n) is 6.22. The van der Waals surface area contributed by atoms with Crippen LogP contribution in [0.2, 0.25) is 0 Å². The first-order chi connectivity index (χ1) is 13.6. The molecule has 0 spiro atoms.